The summed E-state index contributed by atoms with van der Waals surface area (Å²) in [5.41, 5.74) is 1.94. The van der Waals surface area contributed by atoms with Gasteiger partial charge in [-0.25, -0.2) is 0 Å². The first kappa shape index (κ1) is 9.32. The third-order valence-electron chi connectivity index (χ3n) is 1.79. The van der Waals surface area contributed by atoms with Gasteiger partial charge in [-0.2, -0.15) is 0 Å². The Bertz CT molecular complexity index is 317. The number of nitrogens with one attached hydrogen (secondary N) is 1. The van der Waals surface area contributed by atoms with Gasteiger partial charge in [0.15, 0.2) is 11.7 Å². The topological polar surface area (TPSA) is 53.1 Å². The first-order valence-corrected chi connectivity index (χ1v) is 4.67. The van der Waals surface area contributed by atoms with Crippen molar-refractivity contribution in [3.63, 3.8) is 0 Å². The van der Waals surface area contributed by atoms with Gasteiger partial charge >= 0.3 is 0 Å². The van der Waals surface area contributed by atoms with Crippen molar-refractivity contribution in [2.24, 2.45) is 0 Å². The molecular weight excluding hydrogens is 222 g/mol. The Morgan fingerprint density at radius 2 is 2.25 bits per heavy atom. The van der Waals surface area contributed by atoms with Crippen LogP contribution < -0.4 is 0 Å². The molecule has 0 radical (unpaired) electrons. The summed E-state index contributed by atoms with van der Waals surface area (Å²) in [5.74, 6) is 0.0492. The van der Waals surface area contributed by atoms with E-state index in [0.29, 0.717) is 16.5 Å². The lowest BCUT2D eigenvalue weighted by Gasteiger charge is -1.95. The molecule has 0 amide bonds. The van der Waals surface area contributed by atoms with Crippen LogP contribution >= 0.6 is 15.9 Å². The van der Waals surface area contributed by atoms with Crippen LogP contribution in [0.5, 0.6) is 5.88 Å². The molecule has 0 aromatic carbocycles. The number of hydrogen-bond acceptors (Lipinski definition) is 2. The molecular formula is C8H10BrNO2. The van der Waals surface area contributed by atoms with E-state index in [0.717, 1.165) is 5.69 Å². The number of hydrogen-bond donors (Lipinski definition) is 2. The summed E-state index contributed by atoms with van der Waals surface area (Å²) >= 11 is 3.23. The standard InChI is InChI=1S/C8H10BrNO2/c1-4-7(5(2)11)6(3-9)10-8(4)12/h10,12H,3H2,1-2H3. The highest BCUT2D eigenvalue weighted by Gasteiger charge is 2.15. The van der Waals surface area contributed by atoms with Gasteiger partial charge in [0.25, 0.3) is 0 Å². The largest absolute Gasteiger partial charge is 0.494 e. The van der Waals surface area contributed by atoms with Crippen LogP contribution in [0, 0.1) is 6.92 Å². The molecule has 0 saturated heterocycles. The van der Waals surface area contributed by atoms with Crippen LogP contribution in [0.15, 0.2) is 0 Å². The maximum Gasteiger partial charge on any atom is 0.192 e. The van der Waals surface area contributed by atoms with E-state index in [1.165, 1.54) is 6.92 Å². The van der Waals surface area contributed by atoms with Gasteiger partial charge in [0, 0.05) is 22.2 Å². The molecule has 1 rings (SSSR count). The summed E-state index contributed by atoms with van der Waals surface area (Å²) in [4.78, 5) is 13.8. The molecule has 0 fully saturated rings. The SMILES string of the molecule is CC(=O)c1c(CBr)[nH]c(O)c1C. The smallest absolute Gasteiger partial charge is 0.192 e. The molecule has 4 heteroatoms. The molecule has 0 aliphatic heterocycles. The van der Waals surface area contributed by atoms with Crippen LogP contribution in [0.1, 0.15) is 28.5 Å². The van der Waals surface area contributed by atoms with Gasteiger partial charge in [0.05, 0.1) is 0 Å². The fraction of sp³-hybridized carbons (Fsp3) is 0.375. The number of Topliss-reactive ketones (excluding diaryl/α,β-unsaturated/α-hetero) is 1. The Labute approximate surface area is 78.9 Å². The van der Waals surface area contributed by atoms with Crippen molar-refractivity contribution in [2.45, 2.75) is 19.2 Å². The number of ketones is 1. The zero-order valence-corrected chi connectivity index (χ0v) is 8.53. The summed E-state index contributed by atoms with van der Waals surface area (Å²) in [6.45, 7) is 3.20. The van der Waals surface area contributed by atoms with E-state index < -0.39 is 0 Å². The molecule has 2 N–H and O–H groups in total. The molecule has 1 aromatic rings. The Kier molecular flexibility index (Phi) is 2.57. The van der Waals surface area contributed by atoms with Gasteiger partial charge in [0.1, 0.15) is 0 Å². The minimum atomic E-state index is -0.0292. The second kappa shape index (κ2) is 3.31. The Hall–Kier alpha value is -0.770. The van der Waals surface area contributed by atoms with Gasteiger partial charge in [-0.15, -0.1) is 0 Å². The maximum absolute atomic E-state index is 11.1. The van der Waals surface area contributed by atoms with Crippen LogP contribution in [0.2, 0.25) is 0 Å². The Morgan fingerprint density at radius 3 is 2.58 bits per heavy atom. The van der Waals surface area contributed by atoms with Crippen molar-refractivity contribution in [3.8, 4) is 5.88 Å². The zero-order chi connectivity index (χ0) is 9.30. The quantitative estimate of drug-likeness (QED) is 0.606. The van der Waals surface area contributed by atoms with E-state index in [4.69, 9.17) is 0 Å². The van der Waals surface area contributed by atoms with E-state index in [2.05, 4.69) is 20.9 Å². The highest BCUT2D eigenvalue weighted by atomic mass is 79.9. The average Bonchev–Trinajstić information content (AvgIpc) is 2.28. The van der Waals surface area contributed by atoms with E-state index in [-0.39, 0.29) is 11.7 Å². The number of aromatic nitrogens is 1. The highest BCUT2D eigenvalue weighted by molar-refractivity contribution is 9.08. The molecule has 0 atom stereocenters. The van der Waals surface area contributed by atoms with Crippen molar-refractivity contribution in [1.82, 2.24) is 4.98 Å². The normalized spacial score (nSPS) is 10.2. The van der Waals surface area contributed by atoms with Gasteiger partial charge in [-0.1, -0.05) is 15.9 Å². The molecule has 0 aliphatic carbocycles. The average molecular weight is 232 g/mol. The van der Waals surface area contributed by atoms with Crippen LogP contribution in [0.25, 0.3) is 0 Å². The molecule has 0 aliphatic rings. The number of rotatable bonds is 2. The van der Waals surface area contributed by atoms with Crippen molar-refractivity contribution in [3.05, 3.63) is 16.8 Å². The Balaban J connectivity index is 3.31. The molecule has 66 valence electrons. The van der Waals surface area contributed by atoms with E-state index in [1.54, 1.807) is 6.92 Å². The van der Waals surface area contributed by atoms with Gasteiger partial charge in [-0.3, -0.25) is 4.79 Å². The third-order valence-corrected chi connectivity index (χ3v) is 2.35. The van der Waals surface area contributed by atoms with Crippen LogP contribution in [-0.2, 0) is 5.33 Å². The number of alkyl halides is 1. The van der Waals surface area contributed by atoms with Crippen LogP contribution in [-0.4, -0.2) is 15.9 Å². The molecule has 0 unspecified atom stereocenters. The molecule has 0 saturated carbocycles. The number of aromatic amines is 1. The molecule has 12 heavy (non-hydrogen) atoms. The number of carbonyl (C=O) groups is 1. The van der Waals surface area contributed by atoms with Crippen molar-refractivity contribution < 1.29 is 9.90 Å². The summed E-state index contributed by atoms with van der Waals surface area (Å²) in [5, 5.41) is 9.82. The van der Waals surface area contributed by atoms with E-state index >= 15 is 0 Å². The molecule has 0 bridgehead atoms. The lowest BCUT2D eigenvalue weighted by atomic mass is 10.1. The maximum atomic E-state index is 11.1. The van der Waals surface area contributed by atoms with Crippen molar-refractivity contribution in [2.75, 3.05) is 0 Å². The van der Waals surface area contributed by atoms with E-state index in [1.807, 2.05) is 0 Å². The van der Waals surface area contributed by atoms with Crippen molar-refractivity contribution >= 4 is 21.7 Å². The Morgan fingerprint density at radius 1 is 1.67 bits per heavy atom. The molecule has 0 spiro atoms. The minimum absolute atomic E-state index is 0.0292. The van der Waals surface area contributed by atoms with Gasteiger partial charge in [0.2, 0.25) is 0 Å². The first-order valence-electron chi connectivity index (χ1n) is 3.55. The molecule has 3 nitrogen and oxygen atoms in total. The summed E-state index contributed by atoms with van der Waals surface area (Å²) < 4.78 is 0. The number of carbonyl (C=O) groups excluding carboxylic acids is 1. The number of halogens is 1. The molecule has 1 heterocycles. The van der Waals surface area contributed by atoms with Gasteiger partial charge < -0.3 is 10.1 Å². The minimum Gasteiger partial charge on any atom is -0.494 e. The lowest BCUT2D eigenvalue weighted by molar-refractivity contribution is 0.101. The number of aromatic hydroxyl groups is 1. The highest BCUT2D eigenvalue weighted by Crippen LogP contribution is 2.25. The summed E-state index contributed by atoms with van der Waals surface area (Å²) in [6, 6.07) is 0. The lowest BCUT2D eigenvalue weighted by Crippen LogP contribution is -1.96. The predicted octanol–water partition coefficient (Wildman–Crippen LogP) is 2.13. The van der Waals surface area contributed by atoms with Crippen molar-refractivity contribution in [1.29, 1.82) is 0 Å². The molecule has 1 aromatic heterocycles. The fourth-order valence-electron chi connectivity index (χ4n) is 1.22. The van der Waals surface area contributed by atoms with Gasteiger partial charge in [-0.05, 0) is 13.8 Å². The summed E-state index contributed by atoms with van der Waals surface area (Å²) in [7, 11) is 0. The van der Waals surface area contributed by atoms with Crippen LogP contribution in [0.4, 0.5) is 0 Å². The zero-order valence-electron chi connectivity index (χ0n) is 6.94. The third kappa shape index (κ3) is 1.39. The van der Waals surface area contributed by atoms with Crippen LogP contribution in [0.3, 0.4) is 0 Å². The fourth-order valence-corrected chi connectivity index (χ4v) is 1.64. The predicted molar refractivity (Wildman–Crippen MR) is 49.8 cm³/mol. The monoisotopic (exact) mass is 231 g/mol. The summed E-state index contributed by atoms with van der Waals surface area (Å²) in [6.07, 6.45) is 0. The number of H-pyrrole nitrogens is 1. The first-order chi connectivity index (χ1) is 5.57. The second-order valence-electron chi connectivity index (χ2n) is 2.64. The second-order valence-corrected chi connectivity index (χ2v) is 3.20. The van der Waals surface area contributed by atoms with E-state index in [9.17, 15) is 9.90 Å².